The number of amides is 1. The average Bonchev–Trinajstić information content (AvgIpc) is 3.04. The number of fused-ring (bicyclic) bond motifs is 1. The molecular formula is C22H25N3O2. The highest BCUT2D eigenvalue weighted by Gasteiger charge is 2.04. The van der Waals surface area contributed by atoms with E-state index in [1.165, 1.54) is 0 Å². The van der Waals surface area contributed by atoms with Crippen molar-refractivity contribution < 1.29 is 9.53 Å². The van der Waals surface area contributed by atoms with E-state index in [1.54, 1.807) is 12.2 Å². The van der Waals surface area contributed by atoms with Gasteiger partial charge in [-0.05, 0) is 56.7 Å². The van der Waals surface area contributed by atoms with Crippen LogP contribution in [0, 0.1) is 6.92 Å². The third-order valence-corrected chi connectivity index (χ3v) is 4.08. The minimum Gasteiger partial charge on any atom is -0.491 e. The van der Waals surface area contributed by atoms with Crippen molar-refractivity contribution in [2.75, 3.05) is 6.54 Å². The predicted molar refractivity (Wildman–Crippen MR) is 108 cm³/mol. The van der Waals surface area contributed by atoms with Crippen LogP contribution >= 0.6 is 0 Å². The smallest absolute Gasteiger partial charge is 0.244 e. The van der Waals surface area contributed by atoms with E-state index in [1.807, 2.05) is 69.4 Å². The fourth-order valence-corrected chi connectivity index (χ4v) is 2.83. The maximum Gasteiger partial charge on any atom is 0.244 e. The van der Waals surface area contributed by atoms with Crippen LogP contribution in [0.25, 0.3) is 11.7 Å². The number of hydrogen-bond acceptors (Lipinski definition) is 3. The molecule has 3 aromatic rings. The lowest BCUT2D eigenvalue weighted by atomic mass is 10.2. The van der Waals surface area contributed by atoms with Crippen LogP contribution in [0.15, 0.2) is 54.7 Å². The second kappa shape index (κ2) is 8.54. The fraction of sp³-hybridized carbons (Fsp3) is 0.273. The molecule has 3 rings (SSSR count). The third kappa shape index (κ3) is 5.20. The fourth-order valence-electron chi connectivity index (χ4n) is 2.83. The summed E-state index contributed by atoms with van der Waals surface area (Å²) in [5.41, 5.74) is 3.97. The van der Waals surface area contributed by atoms with E-state index in [0.29, 0.717) is 13.0 Å². The molecular weight excluding hydrogens is 338 g/mol. The van der Waals surface area contributed by atoms with E-state index < -0.39 is 0 Å². The highest BCUT2D eigenvalue weighted by Crippen LogP contribution is 2.16. The number of carbonyl (C=O) groups excluding carboxylic acids is 1. The van der Waals surface area contributed by atoms with Crippen LogP contribution in [-0.2, 0) is 11.2 Å². The predicted octanol–water partition coefficient (Wildman–Crippen LogP) is 3.80. The Balaban J connectivity index is 1.52. The Morgan fingerprint density at radius 2 is 2.07 bits per heavy atom. The van der Waals surface area contributed by atoms with Crippen LogP contribution in [0.1, 0.15) is 30.8 Å². The molecule has 0 aliphatic heterocycles. The van der Waals surface area contributed by atoms with Crippen molar-refractivity contribution in [3.05, 3.63) is 71.7 Å². The zero-order valence-corrected chi connectivity index (χ0v) is 16.0. The number of nitrogens with one attached hydrogen (secondary N) is 1. The molecule has 2 heterocycles. The second-order valence-electron chi connectivity index (χ2n) is 6.74. The number of rotatable bonds is 7. The summed E-state index contributed by atoms with van der Waals surface area (Å²) in [6.07, 6.45) is 6.17. The van der Waals surface area contributed by atoms with E-state index in [4.69, 9.17) is 4.74 Å². The molecule has 5 heteroatoms. The molecule has 0 fully saturated rings. The first-order valence-electron chi connectivity index (χ1n) is 9.17. The molecule has 0 saturated heterocycles. The van der Waals surface area contributed by atoms with Gasteiger partial charge in [-0.15, -0.1) is 0 Å². The van der Waals surface area contributed by atoms with E-state index in [0.717, 1.165) is 28.3 Å². The molecule has 1 N–H and O–H groups in total. The zero-order valence-electron chi connectivity index (χ0n) is 16.0. The van der Waals surface area contributed by atoms with Crippen LogP contribution < -0.4 is 10.1 Å². The number of pyridine rings is 1. The van der Waals surface area contributed by atoms with Crippen molar-refractivity contribution in [3.8, 4) is 5.75 Å². The van der Waals surface area contributed by atoms with Crippen LogP contribution in [-0.4, -0.2) is 27.9 Å². The number of imidazole rings is 1. The SMILES string of the molecule is Cc1cccc2nc(CCNC(=O)/C=C/c3cccc(OC(C)C)c3)cn12. The molecule has 0 unspecified atom stereocenters. The van der Waals surface area contributed by atoms with E-state index >= 15 is 0 Å². The summed E-state index contributed by atoms with van der Waals surface area (Å²) >= 11 is 0. The van der Waals surface area contributed by atoms with Gasteiger partial charge in [0.15, 0.2) is 0 Å². The van der Waals surface area contributed by atoms with Gasteiger partial charge in [-0.1, -0.05) is 18.2 Å². The van der Waals surface area contributed by atoms with Gasteiger partial charge in [-0.25, -0.2) is 4.98 Å². The zero-order chi connectivity index (χ0) is 19.2. The summed E-state index contributed by atoms with van der Waals surface area (Å²) in [5, 5.41) is 2.90. The molecule has 0 spiro atoms. The Kier molecular flexibility index (Phi) is 5.91. The largest absolute Gasteiger partial charge is 0.491 e. The Bertz CT molecular complexity index is 957. The van der Waals surface area contributed by atoms with E-state index in [-0.39, 0.29) is 12.0 Å². The van der Waals surface area contributed by atoms with Crippen molar-refractivity contribution in [1.82, 2.24) is 14.7 Å². The van der Waals surface area contributed by atoms with Gasteiger partial charge in [0.25, 0.3) is 0 Å². The Morgan fingerprint density at radius 1 is 1.26 bits per heavy atom. The van der Waals surface area contributed by atoms with Crippen LogP contribution in [0.3, 0.4) is 0 Å². The lowest BCUT2D eigenvalue weighted by molar-refractivity contribution is -0.116. The first-order valence-corrected chi connectivity index (χ1v) is 9.17. The normalized spacial score (nSPS) is 11.4. The molecule has 1 amide bonds. The maximum atomic E-state index is 12.0. The summed E-state index contributed by atoms with van der Waals surface area (Å²) in [4.78, 5) is 16.6. The first kappa shape index (κ1) is 18.7. The van der Waals surface area contributed by atoms with Gasteiger partial charge in [0, 0.05) is 30.9 Å². The number of benzene rings is 1. The van der Waals surface area contributed by atoms with Crippen molar-refractivity contribution in [1.29, 1.82) is 0 Å². The molecule has 0 aliphatic rings. The molecule has 0 bridgehead atoms. The maximum absolute atomic E-state index is 12.0. The van der Waals surface area contributed by atoms with Gasteiger partial charge in [0.05, 0.1) is 11.8 Å². The number of aromatic nitrogens is 2. The molecule has 0 radical (unpaired) electrons. The van der Waals surface area contributed by atoms with Crippen LogP contribution in [0.4, 0.5) is 0 Å². The third-order valence-electron chi connectivity index (χ3n) is 4.08. The summed E-state index contributed by atoms with van der Waals surface area (Å²) in [7, 11) is 0. The standard InChI is InChI=1S/C22H25N3O2/c1-16(2)27-20-8-5-7-18(14-20)10-11-22(26)23-13-12-19-15-25-17(3)6-4-9-21(25)24-19/h4-11,14-16H,12-13H2,1-3H3,(H,23,26)/b11-10+. The molecule has 5 nitrogen and oxygen atoms in total. The summed E-state index contributed by atoms with van der Waals surface area (Å²) < 4.78 is 7.72. The molecule has 1 aromatic carbocycles. The quantitative estimate of drug-likeness (QED) is 0.650. The van der Waals surface area contributed by atoms with Crippen molar-refractivity contribution in [2.45, 2.75) is 33.3 Å². The van der Waals surface area contributed by atoms with Crippen molar-refractivity contribution >= 4 is 17.6 Å². The molecule has 27 heavy (non-hydrogen) atoms. The molecule has 0 aliphatic carbocycles. The lowest BCUT2D eigenvalue weighted by Gasteiger charge is -2.09. The van der Waals surface area contributed by atoms with Gasteiger partial charge in [-0.3, -0.25) is 4.79 Å². The average molecular weight is 363 g/mol. The van der Waals surface area contributed by atoms with Crippen molar-refractivity contribution in [2.24, 2.45) is 0 Å². The monoisotopic (exact) mass is 363 g/mol. The lowest BCUT2D eigenvalue weighted by Crippen LogP contribution is -2.23. The number of carbonyl (C=O) groups is 1. The van der Waals surface area contributed by atoms with Gasteiger partial charge < -0.3 is 14.5 Å². The number of hydrogen-bond donors (Lipinski definition) is 1. The summed E-state index contributed by atoms with van der Waals surface area (Å²) in [6.45, 7) is 6.57. The van der Waals surface area contributed by atoms with E-state index in [2.05, 4.69) is 14.7 Å². The minimum absolute atomic E-state index is 0.120. The second-order valence-corrected chi connectivity index (χ2v) is 6.74. The van der Waals surface area contributed by atoms with Crippen molar-refractivity contribution in [3.63, 3.8) is 0 Å². The van der Waals surface area contributed by atoms with Crippen LogP contribution in [0.2, 0.25) is 0 Å². The molecule has 0 atom stereocenters. The highest BCUT2D eigenvalue weighted by molar-refractivity contribution is 5.91. The summed E-state index contributed by atoms with van der Waals surface area (Å²) in [5.74, 6) is 0.680. The van der Waals surface area contributed by atoms with Crippen LogP contribution in [0.5, 0.6) is 5.75 Å². The Hall–Kier alpha value is -3.08. The first-order chi connectivity index (χ1) is 13.0. The highest BCUT2D eigenvalue weighted by atomic mass is 16.5. The topological polar surface area (TPSA) is 55.6 Å². The molecule has 2 aromatic heterocycles. The number of ether oxygens (including phenoxy) is 1. The number of nitrogens with zero attached hydrogens (tertiary/aromatic N) is 2. The molecule has 140 valence electrons. The number of aryl methyl sites for hydroxylation is 1. The molecule has 0 saturated carbocycles. The Morgan fingerprint density at radius 3 is 2.85 bits per heavy atom. The van der Waals surface area contributed by atoms with Gasteiger partial charge in [0.2, 0.25) is 5.91 Å². The van der Waals surface area contributed by atoms with Gasteiger partial charge >= 0.3 is 0 Å². The van der Waals surface area contributed by atoms with E-state index in [9.17, 15) is 4.79 Å². The van der Waals surface area contributed by atoms with Gasteiger partial charge in [0.1, 0.15) is 11.4 Å². The Labute approximate surface area is 159 Å². The summed E-state index contributed by atoms with van der Waals surface area (Å²) in [6, 6.07) is 13.7. The van der Waals surface area contributed by atoms with Gasteiger partial charge in [-0.2, -0.15) is 0 Å². The minimum atomic E-state index is -0.120.